The van der Waals surface area contributed by atoms with Crippen molar-refractivity contribution in [2.75, 3.05) is 45.9 Å². The predicted octanol–water partition coefficient (Wildman–Crippen LogP) is 3.04. The van der Waals surface area contributed by atoms with Crippen LogP contribution in [-0.2, 0) is 11.2 Å². The lowest BCUT2D eigenvalue weighted by atomic mass is 10.0. The lowest BCUT2D eigenvalue weighted by Crippen LogP contribution is -2.48. The van der Waals surface area contributed by atoms with E-state index in [1.807, 2.05) is 6.92 Å². The molecular formula is C20H33F2IN4O. The highest BCUT2D eigenvalue weighted by atomic mass is 127. The highest BCUT2D eigenvalue weighted by Gasteiger charge is 2.23. The van der Waals surface area contributed by atoms with Crippen molar-refractivity contribution >= 4 is 29.9 Å². The highest BCUT2D eigenvalue weighted by molar-refractivity contribution is 14.0. The van der Waals surface area contributed by atoms with Gasteiger partial charge in [0.15, 0.2) is 5.96 Å². The number of rotatable bonds is 8. The molecule has 0 saturated carbocycles. The van der Waals surface area contributed by atoms with Gasteiger partial charge in [0.2, 0.25) is 0 Å². The first kappa shape index (κ1) is 25.0. The molecule has 0 amide bonds. The third-order valence-corrected chi connectivity index (χ3v) is 4.69. The predicted molar refractivity (Wildman–Crippen MR) is 120 cm³/mol. The van der Waals surface area contributed by atoms with Gasteiger partial charge in [0, 0.05) is 38.3 Å². The van der Waals surface area contributed by atoms with E-state index < -0.39 is 11.6 Å². The van der Waals surface area contributed by atoms with E-state index in [0.29, 0.717) is 37.0 Å². The molecule has 0 radical (unpaired) electrons. The van der Waals surface area contributed by atoms with Crippen LogP contribution in [0.25, 0.3) is 0 Å². The Morgan fingerprint density at radius 3 is 2.36 bits per heavy atom. The number of halogens is 3. The van der Waals surface area contributed by atoms with Crippen LogP contribution in [0.15, 0.2) is 23.2 Å². The largest absolute Gasteiger partial charge is 0.379 e. The minimum Gasteiger partial charge on any atom is -0.379 e. The summed E-state index contributed by atoms with van der Waals surface area (Å²) in [5, 5.41) is 6.49. The van der Waals surface area contributed by atoms with E-state index in [-0.39, 0.29) is 24.0 Å². The molecule has 1 aliphatic rings. The van der Waals surface area contributed by atoms with Crippen LogP contribution in [0.2, 0.25) is 0 Å². The average Bonchev–Trinajstić information content (AvgIpc) is 2.61. The number of morpholine rings is 1. The molecule has 5 nitrogen and oxygen atoms in total. The Labute approximate surface area is 184 Å². The van der Waals surface area contributed by atoms with Crippen LogP contribution in [0.3, 0.4) is 0 Å². The van der Waals surface area contributed by atoms with Gasteiger partial charge in [-0.05, 0) is 37.0 Å². The maximum Gasteiger partial charge on any atom is 0.191 e. The van der Waals surface area contributed by atoms with E-state index in [1.54, 1.807) is 0 Å². The summed E-state index contributed by atoms with van der Waals surface area (Å²) < 4.78 is 32.0. The first-order valence-electron chi connectivity index (χ1n) is 9.78. The Morgan fingerprint density at radius 2 is 1.79 bits per heavy atom. The van der Waals surface area contributed by atoms with Crippen LogP contribution in [0.5, 0.6) is 0 Å². The average molecular weight is 510 g/mol. The van der Waals surface area contributed by atoms with Crippen molar-refractivity contribution < 1.29 is 13.5 Å². The van der Waals surface area contributed by atoms with Gasteiger partial charge in [-0.15, -0.1) is 24.0 Å². The SMILES string of the molecule is CCNC(=NCC(C(C)C)N1CCOCC1)NCCc1cc(F)cc(F)c1.I. The molecule has 1 aliphatic heterocycles. The lowest BCUT2D eigenvalue weighted by Gasteiger charge is -2.36. The van der Waals surface area contributed by atoms with Crippen molar-refractivity contribution in [1.82, 2.24) is 15.5 Å². The third kappa shape index (κ3) is 8.57. The van der Waals surface area contributed by atoms with Crippen LogP contribution >= 0.6 is 24.0 Å². The molecule has 0 aromatic heterocycles. The number of nitrogens with zero attached hydrogens (tertiary/aromatic N) is 2. The maximum atomic E-state index is 13.3. The van der Waals surface area contributed by atoms with Crippen LogP contribution in [-0.4, -0.2) is 62.8 Å². The summed E-state index contributed by atoms with van der Waals surface area (Å²) >= 11 is 0. The van der Waals surface area contributed by atoms with E-state index in [9.17, 15) is 8.78 Å². The van der Waals surface area contributed by atoms with Crippen molar-refractivity contribution in [3.63, 3.8) is 0 Å². The molecule has 1 unspecified atom stereocenters. The second-order valence-electron chi connectivity index (χ2n) is 7.13. The summed E-state index contributed by atoms with van der Waals surface area (Å²) in [7, 11) is 0. The first-order chi connectivity index (χ1) is 13.0. The number of hydrogen-bond acceptors (Lipinski definition) is 3. The molecule has 0 bridgehead atoms. The number of hydrogen-bond donors (Lipinski definition) is 2. The quantitative estimate of drug-likeness (QED) is 0.321. The number of benzene rings is 1. The molecular weight excluding hydrogens is 477 g/mol. The molecule has 1 atom stereocenters. The lowest BCUT2D eigenvalue weighted by molar-refractivity contribution is 0.00867. The zero-order valence-electron chi connectivity index (χ0n) is 17.0. The molecule has 2 N–H and O–H groups in total. The normalized spacial score (nSPS) is 16.6. The van der Waals surface area contributed by atoms with Crippen molar-refractivity contribution in [1.29, 1.82) is 0 Å². The van der Waals surface area contributed by atoms with Gasteiger partial charge in [0.05, 0.1) is 19.8 Å². The summed E-state index contributed by atoms with van der Waals surface area (Å²) in [6.07, 6.45) is 0.524. The summed E-state index contributed by atoms with van der Waals surface area (Å²) in [5.41, 5.74) is 0.629. The van der Waals surface area contributed by atoms with Crippen molar-refractivity contribution in [3.05, 3.63) is 35.4 Å². The summed E-state index contributed by atoms with van der Waals surface area (Å²) in [6, 6.07) is 3.98. The fraction of sp³-hybridized carbons (Fsp3) is 0.650. The summed E-state index contributed by atoms with van der Waals surface area (Å²) in [5.74, 6) is 0.130. The van der Waals surface area contributed by atoms with Gasteiger partial charge in [-0.3, -0.25) is 9.89 Å². The Bertz CT molecular complexity index is 590. The Hall–Kier alpha value is -1.00. The number of guanidine groups is 1. The number of aliphatic imine (C=N–C) groups is 1. The summed E-state index contributed by atoms with van der Waals surface area (Å²) in [4.78, 5) is 7.18. The van der Waals surface area contributed by atoms with Crippen LogP contribution in [0.4, 0.5) is 8.78 Å². The fourth-order valence-electron chi connectivity index (χ4n) is 3.26. The fourth-order valence-corrected chi connectivity index (χ4v) is 3.26. The van der Waals surface area contributed by atoms with E-state index in [0.717, 1.165) is 44.9 Å². The van der Waals surface area contributed by atoms with Crippen molar-refractivity contribution in [2.45, 2.75) is 33.2 Å². The molecule has 28 heavy (non-hydrogen) atoms. The molecule has 160 valence electrons. The van der Waals surface area contributed by atoms with E-state index in [4.69, 9.17) is 9.73 Å². The Kier molecular flexibility index (Phi) is 11.9. The molecule has 1 aromatic rings. The second kappa shape index (κ2) is 13.3. The molecule has 8 heteroatoms. The van der Waals surface area contributed by atoms with Crippen molar-refractivity contribution in [3.8, 4) is 0 Å². The zero-order chi connectivity index (χ0) is 19.6. The molecule has 2 rings (SSSR count). The van der Waals surface area contributed by atoms with E-state index >= 15 is 0 Å². The molecule has 1 fully saturated rings. The molecule has 0 aliphatic carbocycles. The molecule has 1 saturated heterocycles. The summed E-state index contributed by atoms with van der Waals surface area (Å²) in [6.45, 7) is 11.9. The Morgan fingerprint density at radius 1 is 1.14 bits per heavy atom. The van der Waals surface area contributed by atoms with Crippen LogP contribution in [0, 0.1) is 17.6 Å². The van der Waals surface area contributed by atoms with Gasteiger partial charge in [-0.2, -0.15) is 0 Å². The number of ether oxygens (including phenoxy) is 1. The van der Waals surface area contributed by atoms with E-state index in [1.165, 1.54) is 12.1 Å². The standard InChI is InChI=1S/C20H32F2N4O.HI/c1-4-23-20(24-6-5-16-11-17(21)13-18(22)12-16)25-14-19(15(2)3)26-7-9-27-10-8-26;/h11-13,15,19H,4-10,14H2,1-3H3,(H2,23,24,25);1H. The smallest absolute Gasteiger partial charge is 0.191 e. The van der Waals surface area contributed by atoms with Gasteiger partial charge < -0.3 is 15.4 Å². The zero-order valence-corrected chi connectivity index (χ0v) is 19.3. The minimum atomic E-state index is -0.545. The molecule has 1 aromatic carbocycles. The third-order valence-electron chi connectivity index (χ3n) is 4.69. The van der Waals surface area contributed by atoms with Gasteiger partial charge in [0.1, 0.15) is 11.6 Å². The number of nitrogens with one attached hydrogen (secondary N) is 2. The van der Waals surface area contributed by atoms with Crippen molar-refractivity contribution in [2.24, 2.45) is 10.9 Å². The van der Waals surface area contributed by atoms with Gasteiger partial charge in [-0.1, -0.05) is 13.8 Å². The monoisotopic (exact) mass is 510 g/mol. The van der Waals surface area contributed by atoms with E-state index in [2.05, 4.69) is 29.4 Å². The molecule has 1 heterocycles. The van der Waals surface area contributed by atoms with Gasteiger partial charge >= 0.3 is 0 Å². The Balaban J connectivity index is 0.00000392. The molecule has 0 spiro atoms. The van der Waals surface area contributed by atoms with Gasteiger partial charge in [-0.25, -0.2) is 8.78 Å². The van der Waals surface area contributed by atoms with Crippen LogP contribution < -0.4 is 10.6 Å². The van der Waals surface area contributed by atoms with Crippen LogP contribution in [0.1, 0.15) is 26.3 Å². The minimum absolute atomic E-state index is 0. The highest BCUT2D eigenvalue weighted by Crippen LogP contribution is 2.13. The second-order valence-corrected chi connectivity index (χ2v) is 7.13. The first-order valence-corrected chi connectivity index (χ1v) is 9.78. The van der Waals surface area contributed by atoms with Gasteiger partial charge in [0.25, 0.3) is 0 Å². The topological polar surface area (TPSA) is 48.9 Å². The maximum absolute atomic E-state index is 13.3.